The summed E-state index contributed by atoms with van der Waals surface area (Å²) in [4.78, 5) is 15.6. The number of nitriles is 1. The van der Waals surface area contributed by atoms with Crippen LogP contribution in [0.15, 0.2) is 91.0 Å². The molecule has 2 N–H and O–H groups in total. The van der Waals surface area contributed by atoms with Crippen LogP contribution in [0.1, 0.15) is 62.8 Å². The molecule has 0 fully saturated rings. The maximum Gasteiger partial charge on any atom is 0.240 e. The van der Waals surface area contributed by atoms with Gasteiger partial charge in [0.05, 0.1) is 23.6 Å². The van der Waals surface area contributed by atoms with Crippen LogP contribution >= 0.6 is 0 Å². The van der Waals surface area contributed by atoms with Crippen molar-refractivity contribution in [2.75, 3.05) is 6.54 Å². The Balaban J connectivity index is 1.96. The molecule has 0 bridgehead atoms. The fourth-order valence-corrected chi connectivity index (χ4v) is 4.86. The van der Waals surface area contributed by atoms with E-state index in [1.165, 1.54) is 0 Å². The third-order valence-electron chi connectivity index (χ3n) is 7.03. The van der Waals surface area contributed by atoms with E-state index in [-0.39, 0.29) is 17.9 Å². The minimum absolute atomic E-state index is 0.0583. The van der Waals surface area contributed by atoms with Gasteiger partial charge in [-0.1, -0.05) is 112 Å². The number of carbonyl (C=O) groups is 1. The Morgan fingerprint density at radius 3 is 1.83 bits per heavy atom. The van der Waals surface area contributed by atoms with Crippen molar-refractivity contribution in [1.82, 2.24) is 4.90 Å². The molecule has 3 aromatic rings. The summed E-state index contributed by atoms with van der Waals surface area (Å²) in [6, 6.07) is 32.1. The van der Waals surface area contributed by atoms with Crippen molar-refractivity contribution in [3.8, 4) is 6.07 Å². The molecule has 4 nitrogen and oxygen atoms in total. The molecule has 1 amide bonds. The number of hydrogen-bond acceptors (Lipinski definition) is 3. The minimum Gasteiger partial charge on any atom is -0.330 e. The van der Waals surface area contributed by atoms with Crippen molar-refractivity contribution in [1.29, 1.82) is 5.26 Å². The minimum atomic E-state index is -0.613. The van der Waals surface area contributed by atoms with Crippen LogP contribution in [0.4, 0.5) is 0 Å². The molecule has 0 aliphatic rings. The zero-order chi connectivity index (χ0) is 25.3. The molecule has 4 heteroatoms. The van der Waals surface area contributed by atoms with Crippen LogP contribution < -0.4 is 5.73 Å². The highest BCUT2D eigenvalue weighted by Gasteiger charge is 2.36. The summed E-state index contributed by atoms with van der Waals surface area (Å²) < 4.78 is 0. The van der Waals surface area contributed by atoms with E-state index in [4.69, 9.17) is 5.73 Å². The first-order chi connectivity index (χ1) is 16.9. The third kappa shape index (κ3) is 5.99. The van der Waals surface area contributed by atoms with Gasteiger partial charge in [-0.25, -0.2) is 0 Å². The first-order valence-electron chi connectivity index (χ1n) is 12.6. The molecule has 3 aromatic carbocycles. The van der Waals surface area contributed by atoms with Crippen LogP contribution in [-0.2, 0) is 10.2 Å². The Kier molecular flexibility index (Phi) is 9.23. The van der Waals surface area contributed by atoms with Crippen molar-refractivity contribution >= 4 is 5.91 Å². The van der Waals surface area contributed by atoms with Gasteiger partial charge in [0.2, 0.25) is 5.91 Å². The molecule has 0 saturated heterocycles. The van der Waals surface area contributed by atoms with Crippen LogP contribution in [0.5, 0.6) is 0 Å². The number of benzene rings is 3. The van der Waals surface area contributed by atoms with Gasteiger partial charge in [0.1, 0.15) is 0 Å². The van der Waals surface area contributed by atoms with E-state index < -0.39 is 11.5 Å². The number of hydrogen-bond donors (Lipinski definition) is 1. The van der Waals surface area contributed by atoms with E-state index in [0.29, 0.717) is 25.8 Å². The maximum atomic E-state index is 13.6. The summed E-state index contributed by atoms with van der Waals surface area (Å²) in [5.41, 5.74) is 8.81. The van der Waals surface area contributed by atoms with Crippen LogP contribution in [0.2, 0.25) is 0 Å². The van der Waals surface area contributed by atoms with Crippen molar-refractivity contribution in [3.05, 3.63) is 108 Å². The highest BCUT2D eigenvalue weighted by Crippen LogP contribution is 2.37. The molecule has 0 spiro atoms. The monoisotopic (exact) mass is 467 g/mol. The first kappa shape index (κ1) is 26.2. The van der Waals surface area contributed by atoms with Gasteiger partial charge in [0, 0.05) is 6.54 Å². The maximum absolute atomic E-state index is 13.6. The Hall–Kier alpha value is -3.42. The predicted octanol–water partition coefficient (Wildman–Crippen LogP) is 6.24. The summed E-state index contributed by atoms with van der Waals surface area (Å²) in [5.74, 6) is 0.0769. The van der Waals surface area contributed by atoms with Crippen LogP contribution in [-0.4, -0.2) is 23.4 Å². The Bertz CT molecular complexity index is 1050. The van der Waals surface area contributed by atoms with Gasteiger partial charge in [-0.3, -0.25) is 4.79 Å². The topological polar surface area (TPSA) is 70.1 Å². The van der Waals surface area contributed by atoms with E-state index in [0.717, 1.165) is 16.7 Å². The van der Waals surface area contributed by atoms with Gasteiger partial charge in [-0.15, -0.1) is 0 Å². The molecule has 0 saturated carbocycles. The molecular formula is C31H37N3O. The number of nitrogens with zero attached hydrogens (tertiary/aromatic N) is 2. The van der Waals surface area contributed by atoms with Crippen LogP contribution in [0, 0.1) is 17.2 Å². The van der Waals surface area contributed by atoms with E-state index in [9.17, 15) is 10.1 Å². The summed E-state index contributed by atoms with van der Waals surface area (Å²) in [7, 11) is 0. The number of amides is 1. The van der Waals surface area contributed by atoms with Gasteiger partial charge in [0.25, 0.3) is 0 Å². The summed E-state index contributed by atoms with van der Waals surface area (Å²) in [6.07, 6.45) is 1.93. The average molecular weight is 468 g/mol. The van der Waals surface area contributed by atoms with Gasteiger partial charge < -0.3 is 10.6 Å². The lowest BCUT2D eigenvalue weighted by Crippen LogP contribution is -2.46. The second kappa shape index (κ2) is 12.3. The lowest BCUT2D eigenvalue weighted by molar-refractivity contribution is -0.134. The SMILES string of the molecule is CC[C@H](N)C(=O)N(CCC[C@@](C#N)(c1ccccc1)C(C)C)C(c1ccccc1)c1ccccc1. The number of carbonyl (C=O) groups excluding carboxylic acids is 1. The Morgan fingerprint density at radius 1 is 0.914 bits per heavy atom. The molecule has 0 unspecified atom stereocenters. The average Bonchev–Trinajstić information content (AvgIpc) is 2.91. The molecular weight excluding hydrogens is 430 g/mol. The molecule has 0 aliphatic carbocycles. The van der Waals surface area contributed by atoms with Gasteiger partial charge in [-0.2, -0.15) is 5.26 Å². The second-order valence-corrected chi connectivity index (χ2v) is 9.48. The molecule has 2 atom stereocenters. The molecule has 3 rings (SSSR count). The molecule has 182 valence electrons. The van der Waals surface area contributed by atoms with Gasteiger partial charge in [0.15, 0.2) is 0 Å². The summed E-state index contributed by atoms with van der Waals surface area (Å²) >= 11 is 0. The largest absolute Gasteiger partial charge is 0.330 e. The molecule has 0 radical (unpaired) electrons. The highest BCUT2D eigenvalue weighted by atomic mass is 16.2. The Morgan fingerprint density at radius 2 is 1.40 bits per heavy atom. The van der Waals surface area contributed by atoms with Crippen molar-refractivity contribution < 1.29 is 4.79 Å². The van der Waals surface area contributed by atoms with E-state index in [1.807, 2.05) is 78.6 Å². The molecule has 0 aliphatic heterocycles. The van der Waals surface area contributed by atoms with Gasteiger partial charge >= 0.3 is 0 Å². The van der Waals surface area contributed by atoms with E-state index in [1.54, 1.807) is 0 Å². The lowest BCUT2D eigenvalue weighted by Gasteiger charge is -2.36. The van der Waals surface area contributed by atoms with Crippen molar-refractivity contribution in [3.63, 3.8) is 0 Å². The fraction of sp³-hybridized carbons (Fsp3) is 0.355. The summed E-state index contributed by atoms with van der Waals surface area (Å²) in [5, 5.41) is 10.3. The van der Waals surface area contributed by atoms with Crippen LogP contribution in [0.3, 0.4) is 0 Å². The number of nitrogens with two attached hydrogens (primary N) is 1. The molecule has 35 heavy (non-hydrogen) atoms. The quantitative estimate of drug-likeness (QED) is 0.363. The van der Waals surface area contributed by atoms with Crippen molar-refractivity contribution in [2.24, 2.45) is 11.7 Å². The van der Waals surface area contributed by atoms with E-state index in [2.05, 4.69) is 44.2 Å². The smallest absolute Gasteiger partial charge is 0.240 e. The van der Waals surface area contributed by atoms with Crippen molar-refractivity contribution in [2.45, 2.75) is 57.5 Å². The number of rotatable bonds is 11. The predicted molar refractivity (Wildman–Crippen MR) is 143 cm³/mol. The normalized spacial score (nSPS) is 13.7. The molecule has 0 heterocycles. The summed E-state index contributed by atoms with van der Waals surface area (Å²) in [6.45, 7) is 6.66. The standard InChI is InChI=1S/C31H37N3O/c1-4-28(33)30(35)34(29(25-15-8-5-9-16-25)26-17-10-6-11-18-26)22-14-21-31(23-32,24(2)3)27-19-12-7-13-20-27/h5-13,15-20,24,28-29H,4,14,21-22,33H2,1-3H3/t28-,31-/m0/s1. The lowest BCUT2D eigenvalue weighted by atomic mass is 9.70. The molecule has 0 aromatic heterocycles. The Labute approximate surface area is 210 Å². The first-order valence-corrected chi connectivity index (χ1v) is 12.6. The second-order valence-electron chi connectivity index (χ2n) is 9.48. The zero-order valence-electron chi connectivity index (χ0n) is 21.1. The fourth-order valence-electron chi connectivity index (χ4n) is 4.86. The van der Waals surface area contributed by atoms with Crippen LogP contribution in [0.25, 0.3) is 0 Å². The zero-order valence-corrected chi connectivity index (χ0v) is 21.1. The third-order valence-corrected chi connectivity index (χ3v) is 7.03. The van der Waals surface area contributed by atoms with Gasteiger partial charge in [-0.05, 0) is 41.9 Å². The highest BCUT2D eigenvalue weighted by molar-refractivity contribution is 5.82. The van der Waals surface area contributed by atoms with E-state index >= 15 is 0 Å².